The molecule has 0 spiro atoms. The molecule has 0 bridgehead atoms. The molecule has 0 radical (unpaired) electrons. The molecular formula is C20H15ClF2N4O2. The average molecular weight is 417 g/mol. The SMILES string of the molecule is O=C(Nc1ccn(Cc2ccccc2F)n1)C1CC(c2c(F)cccc2Cl)=NO1. The van der Waals surface area contributed by atoms with Gasteiger partial charge in [-0.15, -0.1) is 0 Å². The van der Waals surface area contributed by atoms with Crippen molar-refractivity contribution in [2.24, 2.45) is 5.16 Å². The van der Waals surface area contributed by atoms with E-state index in [2.05, 4.69) is 15.6 Å². The Labute approximate surface area is 169 Å². The van der Waals surface area contributed by atoms with Crippen molar-refractivity contribution in [3.8, 4) is 0 Å². The maximum Gasteiger partial charge on any atom is 0.269 e. The van der Waals surface area contributed by atoms with Crippen molar-refractivity contribution < 1.29 is 18.4 Å². The minimum atomic E-state index is -0.933. The highest BCUT2D eigenvalue weighted by Crippen LogP contribution is 2.26. The zero-order chi connectivity index (χ0) is 20.4. The molecule has 1 atom stereocenters. The molecule has 4 rings (SSSR count). The summed E-state index contributed by atoms with van der Waals surface area (Å²) >= 11 is 6.03. The summed E-state index contributed by atoms with van der Waals surface area (Å²) in [4.78, 5) is 17.6. The quantitative estimate of drug-likeness (QED) is 0.683. The monoisotopic (exact) mass is 416 g/mol. The van der Waals surface area contributed by atoms with Crippen molar-refractivity contribution in [2.75, 3.05) is 5.32 Å². The van der Waals surface area contributed by atoms with Crippen molar-refractivity contribution in [1.82, 2.24) is 9.78 Å². The molecule has 6 nitrogen and oxygen atoms in total. The molecule has 0 fully saturated rings. The lowest BCUT2D eigenvalue weighted by atomic mass is 10.0. The molecule has 0 saturated heterocycles. The number of oxime groups is 1. The summed E-state index contributed by atoms with van der Waals surface area (Å²) in [6.07, 6.45) is 0.762. The first-order valence-corrected chi connectivity index (χ1v) is 9.14. The van der Waals surface area contributed by atoms with Crippen molar-refractivity contribution in [3.05, 3.63) is 82.5 Å². The van der Waals surface area contributed by atoms with E-state index in [4.69, 9.17) is 16.4 Å². The lowest BCUT2D eigenvalue weighted by Crippen LogP contribution is -2.28. The molecular weight excluding hydrogens is 402 g/mol. The van der Waals surface area contributed by atoms with E-state index in [0.29, 0.717) is 5.56 Å². The van der Waals surface area contributed by atoms with Crippen LogP contribution in [-0.2, 0) is 16.2 Å². The van der Waals surface area contributed by atoms with Gasteiger partial charge in [0.15, 0.2) is 5.82 Å². The summed E-state index contributed by atoms with van der Waals surface area (Å²) < 4.78 is 29.3. The maximum absolute atomic E-state index is 14.0. The van der Waals surface area contributed by atoms with Crippen LogP contribution < -0.4 is 5.32 Å². The number of anilines is 1. The van der Waals surface area contributed by atoms with Crippen molar-refractivity contribution in [1.29, 1.82) is 0 Å². The largest absolute Gasteiger partial charge is 0.382 e. The molecule has 148 valence electrons. The number of nitrogens with zero attached hydrogens (tertiary/aromatic N) is 3. The molecule has 9 heteroatoms. The number of carbonyl (C=O) groups is 1. The third-order valence-electron chi connectivity index (χ3n) is 4.39. The summed E-state index contributed by atoms with van der Waals surface area (Å²) in [5.74, 6) is -1.06. The molecule has 1 aliphatic rings. The van der Waals surface area contributed by atoms with Gasteiger partial charge in [0.1, 0.15) is 11.6 Å². The summed E-state index contributed by atoms with van der Waals surface area (Å²) in [5, 5.41) is 10.8. The van der Waals surface area contributed by atoms with Gasteiger partial charge in [-0.3, -0.25) is 9.48 Å². The first-order chi connectivity index (χ1) is 14.0. The van der Waals surface area contributed by atoms with Gasteiger partial charge in [0.05, 0.1) is 22.8 Å². The number of hydrogen-bond donors (Lipinski definition) is 1. The van der Waals surface area contributed by atoms with E-state index < -0.39 is 17.8 Å². The van der Waals surface area contributed by atoms with E-state index in [1.807, 2.05) is 0 Å². The van der Waals surface area contributed by atoms with E-state index in [-0.39, 0.29) is 40.9 Å². The Hall–Kier alpha value is -3.26. The fourth-order valence-corrected chi connectivity index (χ4v) is 3.24. The topological polar surface area (TPSA) is 68.5 Å². The smallest absolute Gasteiger partial charge is 0.269 e. The second kappa shape index (κ2) is 8.00. The third-order valence-corrected chi connectivity index (χ3v) is 4.71. The molecule has 2 aromatic carbocycles. The number of hydrogen-bond acceptors (Lipinski definition) is 4. The van der Waals surface area contributed by atoms with E-state index in [0.717, 1.165) is 0 Å². The Bertz CT molecular complexity index is 1080. The molecule has 2 heterocycles. The van der Waals surface area contributed by atoms with Crippen LogP contribution in [0.5, 0.6) is 0 Å². The number of aromatic nitrogens is 2. The highest BCUT2D eigenvalue weighted by molar-refractivity contribution is 6.34. The van der Waals surface area contributed by atoms with Gasteiger partial charge in [-0.1, -0.05) is 41.0 Å². The van der Waals surface area contributed by atoms with Gasteiger partial charge in [0.25, 0.3) is 5.91 Å². The normalized spacial score (nSPS) is 15.7. The Kier molecular flexibility index (Phi) is 5.26. The Morgan fingerprint density at radius 2 is 1.97 bits per heavy atom. The van der Waals surface area contributed by atoms with E-state index in [1.54, 1.807) is 30.5 Å². The van der Waals surface area contributed by atoms with Crippen LogP contribution in [0.4, 0.5) is 14.6 Å². The van der Waals surface area contributed by atoms with Crippen LogP contribution in [0.25, 0.3) is 0 Å². The molecule has 1 unspecified atom stereocenters. The van der Waals surface area contributed by atoms with Crippen LogP contribution in [0.3, 0.4) is 0 Å². The summed E-state index contributed by atoms with van der Waals surface area (Å²) in [6.45, 7) is 0.224. The van der Waals surface area contributed by atoms with Crippen molar-refractivity contribution in [2.45, 2.75) is 19.1 Å². The molecule has 29 heavy (non-hydrogen) atoms. The Balaban J connectivity index is 1.39. The molecule has 0 saturated carbocycles. The number of carbonyl (C=O) groups excluding carboxylic acids is 1. The van der Waals surface area contributed by atoms with Crippen LogP contribution >= 0.6 is 11.6 Å². The Morgan fingerprint density at radius 3 is 2.76 bits per heavy atom. The van der Waals surface area contributed by atoms with Crippen molar-refractivity contribution in [3.63, 3.8) is 0 Å². The number of amides is 1. The summed E-state index contributed by atoms with van der Waals surface area (Å²) in [6, 6.07) is 12.3. The second-order valence-electron chi connectivity index (χ2n) is 6.41. The second-order valence-corrected chi connectivity index (χ2v) is 6.82. The minimum Gasteiger partial charge on any atom is -0.382 e. The summed E-state index contributed by atoms with van der Waals surface area (Å²) in [7, 11) is 0. The standard InChI is InChI=1S/C20H15ClF2N4O2/c21-13-5-3-7-15(23)19(13)16-10-17(29-26-16)20(28)24-18-8-9-27(25-18)11-12-4-1-2-6-14(12)22/h1-9,17H,10-11H2,(H,24,25,28). The number of rotatable bonds is 5. The number of nitrogens with one attached hydrogen (secondary N) is 1. The van der Waals surface area contributed by atoms with Crippen LogP contribution in [0.2, 0.25) is 5.02 Å². The van der Waals surface area contributed by atoms with Crippen LogP contribution in [0.1, 0.15) is 17.5 Å². The van der Waals surface area contributed by atoms with Crippen LogP contribution in [0.15, 0.2) is 59.9 Å². The zero-order valence-electron chi connectivity index (χ0n) is 15.0. The lowest BCUT2D eigenvalue weighted by Gasteiger charge is -2.08. The predicted octanol–water partition coefficient (Wildman–Crippen LogP) is 3.99. The highest BCUT2D eigenvalue weighted by Gasteiger charge is 2.31. The van der Waals surface area contributed by atoms with E-state index >= 15 is 0 Å². The van der Waals surface area contributed by atoms with Gasteiger partial charge < -0.3 is 10.2 Å². The molecule has 3 aromatic rings. The molecule has 0 aliphatic carbocycles. The molecule has 1 N–H and O–H groups in total. The molecule has 1 aliphatic heterocycles. The number of halogens is 3. The highest BCUT2D eigenvalue weighted by atomic mass is 35.5. The Morgan fingerprint density at radius 1 is 1.17 bits per heavy atom. The van der Waals surface area contributed by atoms with Gasteiger partial charge in [-0.05, 0) is 18.2 Å². The predicted molar refractivity (Wildman–Crippen MR) is 104 cm³/mol. The first-order valence-electron chi connectivity index (χ1n) is 8.76. The third kappa shape index (κ3) is 4.12. The molecule has 1 aromatic heterocycles. The first kappa shape index (κ1) is 19.1. The number of benzene rings is 2. The van der Waals surface area contributed by atoms with E-state index in [1.165, 1.54) is 28.9 Å². The van der Waals surface area contributed by atoms with E-state index in [9.17, 15) is 13.6 Å². The fourth-order valence-electron chi connectivity index (χ4n) is 2.96. The van der Waals surface area contributed by atoms with Crippen molar-refractivity contribution >= 4 is 29.0 Å². The van der Waals surface area contributed by atoms with Gasteiger partial charge in [0, 0.05) is 24.2 Å². The van der Waals surface area contributed by atoms with Crippen LogP contribution in [0, 0.1) is 11.6 Å². The van der Waals surface area contributed by atoms with Gasteiger partial charge in [-0.2, -0.15) is 5.10 Å². The maximum atomic E-state index is 14.0. The van der Waals surface area contributed by atoms with Crippen LogP contribution in [-0.4, -0.2) is 27.5 Å². The van der Waals surface area contributed by atoms with Gasteiger partial charge in [0.2, 0.25) is 6.10 Å². The lowest BCUT2D eigenvalue weighted by molar-refractivity contribution is -0.125. The minimum absolute atomic E-state index is 0.0718. The van der Waals surface area contributed by atoms with Gasteiger partial charge >= 0.3 is 0 Å². The zero-order valence-corrected chi connectivity index (χ0v) is 15.7. The molecule has 1 amide bonds. The average Bonchev–Trinajstić information content (AvgIpc) is 3.33. The van der Waals surface area contributed by atoms with Gasteiger partial charge in [-0.25, -0.2) is 8.78 Å². The fraction of sp³-hybridized carbons (Fsp3) is 0.150. The summed E-state index contributed by atoms with van der Waals surface area (Å²) in [5.41, 5.74) is 0.865.